The first kappa shape index (κ1) is 33.5. The molecule has 0 radical (unpaired) electrons. The number of ether oxygens (including phenoxy) is 4. The summed E-state index contributed by atoms with van der Waals surface area (Å²) in [4.78, 5) is 39.4. The van der Waals surface area contributed by atoms with Gasteiger partial charge in [0.1, 0.15) is 17.8 Å². The number of allylic oxidation sites excluding steroid dienone is 1. The van der Waals surface area contributed by atoms with Gasteiger partial charge in [0.25, 0.3) is 0 Å². The number of rotatable bonds is 7. The molecular weight excluding hydrogens is 622 g/mol. The molecule has 10 nitrogen and oxygen atoms in total. The monoisotopic (exact) mass is 675 g/mol. The molecule has 49 heavy (non-hydrogen) atoms. The van der Waals surface area contributed by atoms with E-state index < -0.39 is 17.1 Å². The van der Waals surface area contributed by atoms with E-state index in [2.05, 4.69) is 42.6 Å². The Hall–Kier alpha value is -2.66. The van der Waals surface area contributed by atoms with E-state index in [1.807, 2.05) is 13.8 Å². The molecule has 0 aromatic carbocycles. The zero-order chi connectivity index (χ0) is 34.5. The van der Waals surface area contributed by atoms with Crippen molar-refractivity contribution in [3.63, 3.8) is 0 Å². The quantitative estimate of drug-likeness (QED) is 0.319. The zero-order valence-electron chi connectivity index (χ0n) is 29.9. The third-order valence-corrected chi connectivity index (χ3v) is 14.3. The Morgan fingerprint density at radius 3 is 2.49 bits per heavy atom. The van der Waals surface area contributed by atoms with Gasteiger partial charge in [-0.25, -0.2) is 14.8 Å². The molecule has 1 spiro atoms. The summed E-state index contributed by atoms with van der Waals surface area (Å²) in [6, 6.07) is 0. The average molecular weight is 676 g/mol. The fourth-order valence-electron chi connectivity index (χ4n) is 11.8. The van der Waals surface area contributed by atoms with Crippen LogP contribution in [0, 0.1) is 40.4 Å². The number of hydrogen-bond acceptors (Lipinski definition) is 10. The Labute approximate surface area is 290 Å². The number of morpholine rings is 1. The van der Waals surface area contributed by atoms with Crippen molar-refractivity contribution in [1.29, 1.82) is 0 Å². The van der Waals surface area contributed by atoms with Crippen LogP contribution >= 0.6 is 0 Å². The van der Waals surface area contributed by atoms with Crippen LogP contribution in [0.1, 0.15) is 85.9 Å². The zero-order valence-corrected chi connectivity index (χ0v) is 29.9. The van der Waals surface area contributed by atoms with Crippen LogP contribution in [0.2, 0.25) is 0 Å². The molecule has 2 saturated heterocycles. The number of epoxide rings is 1. The Bertz CT molecular complexity index is 1570. The van der Waals surface area contributed by atoms with Crippen LogP contribution in [-0.4, -0.2) is 94.6 Å². The highest BCUT2D eigenvalue weighted by molar-refractivity contribution is 6.24. The second-order valence-electron chi connectivity index (χ2n) is 16.9. The summed E-state index contributed by atoms with van der Waals surface area (Å²) >= 11 is 0. The fourth-order valence-corrected chi connectivity index (χ4v) is 11.8. The van der Waals surface area contributed by atoms with Gasteiger partial charge in [-0.2, -0.15) is 0 Å². The largest absolute Gasteiger partial charge is 0.488 e. The minimum atomic E-state index is -0.901. The van der Waals surface area contributed by atoms with Gasteiger partial charge in [0, 0.05) is 26.1 Å². The van der Waals surface area contributed by atoms with Crippen molar-refractivity contribution in [3.8, 4) is 5.75 Å². The van der Waals surface area contributed by atoms with E-state index >= 15 is 0 Å². The van der Waals surface area contributed by atoms with E-state index in [-0.39, 0.29) is 47.3 Å². The van der Waals surface area contributed by atoms with E-state index in [1.165, 1.54) is 0 Å². The normalized spacial score (nSPS) is 42.4. The molecule has 0 bridgehead atoms. The summed E-state index contributed by atoms with van der Waals surface area (Å²) in [7, 11) is 0. The van der Waals surface area contributed by atoms with Gasteiger partial charge in [0.05, 0.1) is 54.4 Å². The molecule has 266 valence electrons. The molecule has 3 aliphatic heterocycles. The predicted molar refractivity (Wildman–Crippen MR) is 181 cm³/mol. The van der Waals surface area contributed by atoms with Gasteiger partial charge in [0.15, 0.2) is 17.4 Å². The lowest BCUT2D eigenvalue weighted by Gasteiger charge is -2.58. The van der Waals surface area contributed by atoms with E-state index in [0.717, 1.165) is 62.8 Å². The van der Waals surface area contributed by atoms with Gasteiger partial charge >= 0.3 is 5.97 Å². The van der Waals surface area contributed by atoms with Crippen molar-refractivity contribution in [2.45, 2.75) is 110 Å². The molecule has 10 heteroatoms. The molecule has 1 unspecified atom stereocenters. The second kappa shape index (κ2) is 12.0. The minimum absolute atomic E-state index is 0.0108. The molecule has 3 saturated carbocycles. The van der Waals surface area contributed by atoms with Crippen LogP contribution < -0.4 is 4.74 Å². The Morgan fingerprint density at radius 1 is 1.06 bits per heavy atom. The molecule has 1 N–H and O–H groups in total. The maximum Gasteiger partial charge on any atom is 0.335 e. The van der Waals surface area contributed by atoms with Gasteiger partial charge in [-0.1, -0.05) is 19.4 Å². The molecule has 11 atom stereocenters. The third-order valence-electron chi connectivity index (χ3n) is 14.3. The van der Waals surface area contributed by atoms with Crippen LogP contribution in [0.25, 0.3) is 5.57 Å². The van der Waals surface area contributed by atoms with Crippen molar-refractivity contribution in [2.24, 2.45) is 40.4 Å². The highest BCUT2D eigenvalue weighted by Crippen LogP contribution is 2.73. The third kappa shape index (κ3) is 5.01. The van der Waals surface area contributed by atoms with E-state index in [9.17, 15) is 14.7 Å². The summed E-state index contributed by atoms with van der Waals surface area (Å²) in [5.74, 6) is 2.22. The van der Waals surface area contributed by atoms with Crippen molar-refractivity contribution < 1.29 is 33.6 Å². The number of Topliss-reactive ketones (excluding diaryl/α,β-unsaturated/α-hetero) is 1. The number of cyclic esters (lactones) is 1. The number of aliphatic hydroxyl groups is 1. The Balaban J connectivity index is 1.02. The number of aromatic nitrogens is 2. The van der Waals surface area contributed by atoms with Crippen molar-refractivity contribution >= 4 is 17.3 Å². The van der Waals surface area contributed by atoms with Gasteiger partial charge in [-0.3, -0.25) is 9.69 Å². The van der Waals surface area contributed by atoms with Gasteiger partial charge < -0.3 is 24.1 Å². The lowest BCUT2D eigenvalue weighted by molar-refractivity contribution is -0.155. The first-order valence-corrected chi connectivity index (χ1v) is 18.7. The number of carbonyl (C=O) groups excluding carboxylic acids is 2. The smallest absolute Gasteiger partial charge is 0.335 e. The average Bonchev–Trinajstić information content (AvgIpc) is 3.71. The number of hydrogen-bond donors (Lipinski definition) is 1. The molecule has 4 aliphatic carbocycles. The molecule has 0 amide bonds. The lowest BCUT2D eigenvalue weighted by atomic mass is 9.43. The van der Waals surface area contributed by atoms with Crippen molar-refractivity contribution in [2.75, 3.05) is 32.8 Å². The summed E-state index contributed by atoms with van der Waals surface area (Å²) in [5, 5.41) is 11.6. The number of carbonyl (C=O) groups is 2. The van der Waals surface area contributed by atoms with E-state index in [1.54, 1.807) is 18.5 Å². The number of esters is 1. The first-order valence-electron chi connectivity index (χ1n) is 18.7. The van der Waals surface area contributed by atoms with Crippen molar-refractivity contribution in [3.05, 3.63) is 35.4 Å². The number of fused-ring (bicyclic) bond motifs is 4. The molecular formula is C39H53N3O7. The lowest BCUT2D eigenvalue weighted by Crippen LogP contribution is -2.64. The van der Waals surface area contributed by atoms with Gasteiger partial charge in [0.2, 0.25) is 0 Å². The topological polar surface area (TPSA) is 124 Å². The molecule has 1 aromatic heterocycles. The van der Waals surface area contributed by atoms with Crippen LogP contribution in [0.4, 0.5) is 0 Å². The van der Waals surface area contributed by atoms with E-state index in [4.69, 9.17) is 18.9 Å². The minimum Gasteiger partial charge on any atom is -0.488 e. The van der Waals surface area contributed by atoms with Crippen LogP contribution in [-0.2, 0) is 23.8 Å². The van der Waals surface area contributed by atoms with Gasteiger partial charge in [-0.05, 0) is 101 Å². The maximum absolute atomic E-state index is 14.7. The SMILES string of the molecule is CC1=C(CN2CCOCC2)C(=O)OC([C@@H](C)[C@H]2CC[C@H]3[C@@H]4C[C@H]5O[C@]56[C@@H](O)C=C(c5ncc(OC(C)C)cn5)C(=O)[C@]6(C)[C@H]4CC[C@]23C)C1. The second-order valence-corrected chi connectivity index (χ2v) is 16.9. The summed E-state index contributed by atoms with van der Waals surface area (Å²) in [6.45, 7) is 16.6. The Morgan fingerprint density at radius 2 is 1.80 bits per heavy atom. The maximum atomic E-state index is 14.7. The molecule has 8 rings (SSSR count). The molecule has 5 fully saturated rings. The number of nitrogens with zero attached hydrogens (tertiary/aromatic N) is 3. The highest BCUT2D eigenvalue weighted by Gasteiger charge is 2.81. The van der Waals surface area contributed by atoms with Crippen LogP contribution in [0.5, 0.6) is 5.75 Å². The number of aliphatic hydroxyl groups excluding tert-OH is 1. The highest BCUT2D eigenvalue weighted by atomic mass is 16.6. The van der Waals surface area contributed by atoms with E-state index in [0.29, 0.717) is 54.7 Å². The molecule has 1 aromatic rings. The molecule has 7 aliphatic rings. The van der Waals surface area contributed by atoms with Crippen LogP contribution in [0.15, 0.2) is 29.6 Å². The first-order chi connectivity index (χ1) is 23.4. The summed E-state index contributed by atoms with van der Waals surface area (Å²) in [6.07, 6.45) is 9.42. The van der Waals surface area contributed by atoms with Gasteiger partial charge in [-0.15, -0.1) is 0 Å². The number of ketones is 1. The Kier molecular flexibility index (Phi) is 8.17. The molecule has 4 heterocycles. The summed E-state index contributed by atoms with van der Waals surface area (Å²) < 4.78 is 24.0. The van der Waals surface area contributed by atoms with Crippen LogP contribution in [0.3, 0.4) is 0 Å². The summed E-state index contributed by atoms with van der Waals surface area (Å²) in [5.41, 5.74) is 0.691. The fraction of sp³-hybridized carbons (Fsp3) is 0.744. The van der Waals surface area contributed by atoms with Crippen molar-refractivity contribution in [1.82, 2.24) is 14.9 Å². The standard InChI is InChI=1S/C39H53N3O7/c1-21(2)47-24-18-40-35(41-19-24)26-16-32(43)39-33(49-39)17-25-29-8-7-28(37(29,5)10-9-30(25)38(39,6)34(26)44)23(4)31-15-22(3)27(36(45)48-31)20-42-11-13-46-14-12-42/h16,18-19,21,23,25,28-33,43H,7-15,17,20H2,1-6H3/t23-,25-,28+,29-,30-,31?,32-,33+,37+,38-,39+/m0/s1. The predicted octanol–water partition coefficient (Wildman–Crippen LogP) is 4.80.